The van der Waals surface area contributed by atoms with Gasteiger partial charge in [-0.2, -0.15) is 5.10 Å². The third-order valence-corrected chi connectivity index (χ3v) is 4.59. The van der Waals surface area contributed by atoms with Crippen LogP contribution in [0.3, 0.4) is 0 Å². The van der Waals surface area contributed by atoms with Crippen molar-refractivity contribution in [1.29, 1.82) is 0 Å². The largest absolute Gasteiger partial charge is 0.396 e. The van der Waals surface area contributed by atoms with Gasteiger partial charge in [-0.15, -0.1) is 0 Å². The van der Waals surface area contributed by atoms with Crippen molar-refractivity contribution in [2.24, 2.45) is 17.5 Å². The molecule has 0 atom stereocenters. The average Bonchev–Trinajstić information content (AvgIpc) is 2.95. The summed E-state index contributed by atoms with van der Waals surface area (Å²) >= 11 is 0. The third-order valence-electron chi connectivity index (χ3n) is 4.59. The molecule has 132 valence electrons. The van der Waals surface area contributed by atoms with Crippen molar-refractivity contribution < 1.29 is 5.11 Å². The standard InChI is InChI=1S/C16H32N6O/c1-6-16(7-2,9-10-23)12-18-15(17-8-3)21(4)11-14-19-13-20-22(14)5/h13,23H,6-12H2,1-5H3,(H,17,18). The fourth-order valence-electron chi connectivity index (χ4n) is 2.61. The second-order valence-corrected chi connectivity index (χ2v) is 6.01. The number of aliphatic hydroxyl groups is 1. The van der Waals surface area contributed by atoms with Gasteiger partial charge in [-0.1, -0.05) is 13.8 Å². The van der Waals surface area contributed by atoms with Gasteiger partial charge in [-0.05, 0) is 31.6 Å². The second-order valence-electron chi connectivity index (χ2n) is 6.01. The Hall–Kier alpha value is -1.63. The monoisotopic (exact) mass is 324 g/mol. The first kappa shape index (κ1) is 19.4. The van der Waals surface area contributed by atoms with E-state index in [1.54, 1.807) is 11.0 Å². The molecule has 0 aliphatic rings. The first-order valence-corrected chi connectivity index (χ1v) is 8.45. The SMILES string of the molecule is CCNC(=NCC(CC)(CC)CCO)N(C)Cc1ncnn1C. The molecule has 0 saturated carbocycles. The van der Waals surface area contributed by atoms with Gasteiger partial charge in [-0.3, -0.25) is 9.67 Å². The van der Waals surface area contributed by atoms with E-state index >= 15 is 0 Å². The molecule has 2 N–H and O–H groups in total. The number of nitrogens with one attached hydrogen (secondary N) is 1. The Bertz CT molecular complexity index is 481. The van der Waals surface area contributed by atoms with E-state index < -0.39 is 0 Å². The molecule has 0 spiro atoms. The molecule has 0 aliphatic heterocycles. The quantitative estimate of drug-likeness (QED) is 0.530. The highest BCUT2D eigenvalue weighted by Crippen LogP contribution is 2.30. The maximum absolute atomic E-state index is 9.35. The van der Waals surface area contributed by atoms with Crippen molar-refractivity contribution >= 4 is 5.96 Å². The molecule has 7 heteroatoms. The molecule has 1 aromatic heterocycles. The normalized spacial score (nSPS) is 12.5. The molecule has 23 heavy (non-hydrogen) atoms. The van der Waals surface area contributed by atoms with E-state index in [0.29, 0.717) is 13.1 Å². The molecule has 1 heterocycles. The smallest absolute Gasteiger partial charge is 0.194 e. The summed E-state index contributed by atoms with van der Waals surface area (Å²) in [5, 5.41) is 16.8. The van der Waals surface area contributed by atoms with Crippen molar-refractivity contribution in [2.75, 3.05) is 26.7 Å². The van der Waals surface area contributed by atoms with Gasteiger partial charge >= 0.3 is 0 Å². The minimum Gasteiger partial charge on any atom is -0.396 e. The van der Waals surface area contributed by atoms with Crippen LogP contribution in [0.2, 0.25) is 0 Å². The highest BCUT2D eigenvalue weighted by Gasteiger charge is 2.25. The van der Waals surface area contributed by atoms with Crippen LogP contribution in [0.15, 0.2) is 11.3 Å². The number of hydrogen-bond donors (Lipinski definition) is 2. The Morgan fingerprint density at radius 3 is 2.57 bits per heavy atom. The molecule has 1 aromatic rings. The number of aliphatic imine (C=N–C) groups is 1. The number of guanidine groups is 1. The van der Waals surface area contributed by atoms with E-state index in [9.17, 15) is 5.11 Å². The number of nitrogens with zero attached hydrogens (tertiary/aromatic N) is 5. The maximum atomic E-state index is 9.35. The van der Waals surface area contributed by atoms with E-state index in [-0.39, 0.29) is 12.0 Å². The summed E-state index contributed by atoms with van der Waals surface area (Å²) in [5.74, 6) is 1.76. The predicted octanol–water partition coefficient (Wildman–Crippen LogP) is 1.40. The number of aryl methyl sites for hydroxylation is 1. The van der Waals surface area contributed by atoms with Crippen LogP contribution in [-0.2, 0) is 13.6 Å². The maximum Gasteiger partial charge on any atom is 0.194 e. The van der Waals surface area contributed by atoms with Crippen LogP contribution < -0.4 is 5.32 Å². The second kappa shape index (κ2) is 9.50. The fraction of sp³-hybridized carbons (Fsp3) is 0.812. The molecule has 0 aromatic carbocycles. The molecule has 0 aliphatic carbocycles. The molecule has 0 amide bonds. The van der Waals surface area contributed by atoms with Crippen molar-refractivity contribution in [3.63, 3.8) is 0 Å². The van der Waals surface area contributed by atoms with Crippen molar-refractivity contribution in [2.45, 2.75) is 46.6 Å². The summed E-state index contributed by atoms with van der Waals surface area (Å²) < 4.78 is 1.77. The van der Waals surface area contributed by atoms with E-state index in [0.717, 1.165) is 37.6 Å². The zero-order chi connectivity index (χ0) is 17.3. The Morgan fingerprint density at radius 2 is 2.09 bits per heavy atom. The minimum atomic E-state index is 0.0705. The Kier molecular flexibility index (Phi) is 8.02. The fourth-order valence-corrected chi connectivity index (χ4v) is 2.61. The minimum absolute atomic E-state index is 0.0705. The summed E-state index contributed by atoms with van der Waals surface area (Å²) in [6.45, 7) is 8.79. The molecule has 0 unspecified atom stereocenters. The van der Waals surface area contributed by atoms with Crippen LogP contribution in [0.1, 0.15) is 45.9 Å². The number of rotatable bonds is 9. The topological polar surface area (TPSA) is 78.6 Å². The van der Waals surface area contributed by atoms with E-state index in [2.05, 4.69) is 41.1 Å². The third kappa shape index (κ3) is 5.49. The lowest BCUT2D eigenvalue weighted by Crippen LogP contribution is -2.40. The Balaban J connectivity index is 2.84. The highest BCUT2D eigenvalue weighted by molar-refractivity contribution is 5.79. The number of aliphatic hydroxyl groups excluding tert-OH is 1. The van der Waals surface area contributed by atoms with Crippen molar-refractivity contribution in [3.05, 3.63) is 12.2 Å². The summed E-state index contributed by atoms with van der Waals surface area (Å²) in [7, 11) is 3.89. The summed E-state index contributed by atoms with van der Waals surface area (Å²) in [5.41, 5.74) is 0.0705. The lowest BCUT2D eigenvalue weighted by atomic mass is 9.79. The van der Waals surface area contributed by atoms with Gasteiger partial charge < -0.3 is 15.3 Å². The van der Waals surface area contributed by atoms with E-state index in [1.165, 1.54) is 0 Å². The van der Waals surface area contributed by atoms with Gasteiger partial charge in [0.05, 0.1) is 6.54 Å². The molecule has 0 saturated heterocycles. The van der Waals surface area contributed by atoms with Crippen LogP contribution in [0.4, 0.5) is 0 Å². The van der Waals surface area contributed by atoms with Crippen LogP contribution in [0.25, 0.3) is 0 Å². The van der Waals surface area contributed by atoms with Gasteiger partial charge in [0.2, 0.25) is 0 Å². The lowest BCUT2D eigenvalue weighted by molar-refractivity contribution is 0.175. The molecule has 0 bridgehead atoms. The van der Waals surface area contributed by atoms with Gasteiger partial charge in [0.25, 0.3) is 0 Å². The number of hydrogen-bond acceptors (Lipinski definition) is 4. The lowest BCUT2D eigenvalue weighted by Gasteiger charge is -2.30. The number of aromatic nitrogens is 3. The van der Waals surface area contributed by atoms with E-state index in [4.69, 9.17) is 4.99 Å². The first-order valence-electron chi connectivity index (χ1n) is 8.45. The van der Waals surface area contributed by atoms with E-state index in [1.807, 2.05) is 14.1 Å². The Morgan fingerprint density at radius 1 is 1.39 bits per heavy atom. The predicted molar refractivity (Wildman–Crippen MR) is 93.2 cm³/mol. The van der Waals surface area contributed by atoms with Crippen molar-refractivity contribution in [3.8, 4) is 0 Å². The summed E-state index contributed by atoms with van der Waals surface area (Å²) in [6, 6.07) is 0. The van der Waals surface area contributed by atoms with Crippen molar-refractivity contribution in [1.82, 2.24) is 25.0 Å². The van der Waals surface area contributed by atoms with Crippen LogP contribution in [0.5, 0.6) is 0 Å². The van der Waals surface area contributed by atoms with Crippen LogP contribution >= 0.6 is 0 Å². The zero-order valence-corrected chi connectivity index (χ0v) is 15.2. The highest BCUT2D eigenvalue weighted by atomic mass is 16.3. The van der Waals surface area contributed by atoms with Crippen LogP contribution in [-0.4, -0.2) is 57.5 Å². The Labute approximate surface area is 139 Å². The zero-order valence-electron chi connectivity index (χ0n) is 15.2. The summed E-state index contributed by atoms with van der Waals surface area (Å²) in [6.07, 6.45) is 4.38. The van der Waals surface area contributed by atoms with Gasteiger partial charge in [0.1, 0.15) is 12.2 Å². The molecular weight excluding hydrogens is 292 g/mol. The van der Waals surface area contributed by atoms with Gasteiger partial charge in [0.15, 0.2) is 5.96 Å². The first-order chi connectivity index (χ1) is 11.0. The average molecular weight is 324 g/mol. The molecule has 7 nitrogen and oxygen atoms in total. The molecule has 0 radical (unpaired) electrons. The molecule has 1 rings (SSSR count). The molecule has 0 fully saturated rings. The van der Waals surface area contributed by atoms with Crippen LogP contribution in [0, 0.1) is 5.41 Å². The summed E-state index contributed by atoms with van der Waals surface area (Å²) in [4.78, 5) is 11.1. The van der Waals surface area contributed by atoms with Gasteiger partial charge in [0, 0.05) is 33.8 Å². The molecular formula is C16H32N6O. The van der Waals surface area contributed by atoms with Gasteiger partial charge in [-0.25, -0.2) is 4.98 Å².